The summed E-state index contributed by atoms with van der Waals surface area (Å²) in [4.78, 5) is 33.7. The van der Waals surface area contributed by atoms with E-state index >= 15 is 0 Å². The van der Waals surface area contributed by atoms with E-state index in [2.05, 4.69) is 14.8 Å². The van der Waals surface area contributed by atoms with Crippen LogP contribution in [0, 0.1) is 0 Å². The third-order valence-corrected chi connectivity index (χ3v) is 1.99. The number of nitrogens with one attached hydrogen (secondary N) is 2. The van der Waals surface area contributed by atoms with Crippen LogP contribution >= 0.6 is 0 Å². The molecule has 0 heterocycles. The molecule has 96 valence electrons. The Labute approximate surface area is 103 Å². The molecule has 0 aromatic heterocycles. The summed E-state index contributed by atoms with van der Waals surface area (Å²) in [6, 6.07) is 6.17. The second-order valence-corrected chi connectivity index (χ2v) is 3.11. The first-order valence-corrected chi connectivity index (χ1v) is 4.91. The first-order chi connectivity index (χ1) is 8.58. The van der Waals surface area contributed by atoms with Crippen molar-refractivity contribution in [2.24, 2.45) is 0 Å². The van der Waals surface area contributed by atoms with Crippen molar-refractivity contribution < 1.29 is 23.9 Å². The lowest BCUT2D eigenvalue weighted by atomic mass is 10.1. The number of imide groups is 1. The highest BCUT2D eigenvalue weighted by atomic mass is 16.5. The number of benzene rings is 1. The van der Waals surface area contributed by atoms with Crippen molar-refractivity contribution in [3.63, 3.8) is 0 Å². The molecule has 1 aromatic carbocycles. The summed E-state index contributed by atoms with van der Waals surface area (Å²) < 4.78 is 8.72. The number of methoxy groups -OCH3 is 2. The Morgan fingerprint density at radius 2 is 1.61 bits per heavy atom. The average Bonchev–Trinajstić information content (AvgIpc) is 2.38. The van der Waals surface area contributed by atoms with Gasteiger partial charge in [0.1, 0.15) is 0 Å². The Morgan fingerprint density at radius 1 is 1.00 bits per heavy atom. The number of rotatable bonds is 2. The van der Waals surface area contributed by atoms with Crippen LogP contribution in [0.3, 0.4) is 0 Å². The molecule has 0 atom stereocenters. The van der Waals surface area contributed by atoms with Gasteiger partial charge in [-0.3, -0.25) is 15.4 Å². The predicted octanol–water partition coefficient (Wildman–Crippen LogP) is 1.36. The van der Waals surface area contributed by atoms with Crippen LogP contribution in [0.1, 0.15) is 10.4 Å². The normalized spacial score (nSPS) is 9.22. The summed E-state index contributed by atoms with van der Waals surface area (Å²) in [5.74, 6) is -0.686. The number of carbonyl (C=O) groups is 3. The van der Waals surface area contributed by atoms with Crippen LogP contribution in [0.2, 0.25) is 0 Å². The Balaban J connectivity index is 2.91. The number of hydrogen-bond donors (Lipinski definition) is 2. The molecule has 0 saturated heterocycles. The Bertz CT molecular complexity index is 472. The molecule has 0 bridgehead atoms. The number of alkyl carbamates (subject to hydrolysis) is 1. The van der Waals surface area contributed by atoms with Gasteiger partial charge in [0.05, 0.1) is 25.5 Å². The standard InChI is InChI=1S/C11H12N2O5/c1-17-10(15)12-8-6-4-3-5-7(8)9(14)13-11(16)18-2/h3-6H,1-2H3,(H,12,15)(H,13,14,16). The molecular formula is C11H12N2O5. The van der Waals surface area contributed by atoms with Gasteiger partial charge >= 0.3 is 12.2 Å². The fourth-order valence-electron chi connectivity index (χ4n) is 1.16. The van der Waals surface area contributed by atoms with Gasteiger partial charge in [0.15, 0.2) is 0 Å². The van der Waals surface area contributed by atoms with E-state index in [0.717, 1.165) is 7.11 Å². The maximum absolute atomic E-state index is 11.7. The van der Waals surface area contributed by atoms with Crippen LogP contribution in [0.25, 0.3) is 0 Å². The third kappa shape index (κ3) is 3.48. The molecule has 0 spiro atoms. The van der Waals surface area contributed by atoms with E-state index in [4.69, 9.17) is 0 Å². The van der Waals surface area contributed by atoms with Crippen LogP contribution < -0.4 is 10.6 Å². The number of amides is 3. The Morgan fingerprint density at radius 3 is 2.22 bits per heavy atom. The molecule has 0 aliphatic rings. The maximum Gasteiger partial charge on any atom is 0.413 e. The van der Waals surface area contributed by atoms with Gasteiger partial charge < -0.3 is 9.47 Å². The zero-order valence-corrected chi connectivity index (χ0v) is 9.85. The summed E-state index contributed by atoms with van der Waals surface area (Å²) in [6.45, 7) is 0. The number of hydrogen-bond acceptors (Lipinski definition) is 5. The second kappa shape index (κ2) is 6.24. The van der Waals surface area contributed by atoms with Gasteiger partial charge in [-0.05, 0) is 12.1 Å². The van der Waals surface area contributed by atoms with Gasteiger partial charge in [-0.15, -0.1) is 0 Å². The zero-order chi connectivity index (χ0) is 13.5. The molecule has 0 saturated carbocycles. The monoisotopic (exact) mass is 252 g/mol. The first-order valence-electron chi connectivity index (χ1n) is 4.91. The minimum absolute atomic E-state index is 0.119. The van der Waals surface area contributed by atoms with Crippen molar-refractivity contribution in [1.82, 2.24) is 5.32 Å². The molecular weight excluding hydrogens is 240 g/mol. The van der Waals surface area contributed by atoms with Crippen molar-refractivity contribution in [3.05, 3.63) is 29.8 Å². The molecule has 0 fully saturated rings. The van der Waals surface area contributed by atoms with E-state index in [1.54, 1.807) is 12.1 Å². The lowest BCUT2D eigenvalue weighted by Gasteiger charge is -2.09. The zero-order valence-electron chi connectivity index (χ0n) is 9.85. The van der Waals surface area contributed by atoms with Crippen LogP contribution in [0.15, 0.2) is 24.3 Å². The molecule has 1 aromatic rings. The lowest BCUT2D eigenvalue weighted by molar-refractivity contribution is 0.0938. The topological polar surface area (TPSA) is 93.7 Å². The molecule has 0 aliphatic carbocycles. The smallest absolute Gasteiger partial charge is 0.413 e. The van der Waals surface area contributed by atoms with Gasteiger partial charge in [0.2, 0.25) is 0 Å². The van der Waals surface area contributed by atoms with Crippen molar-refractivity contribution in [2.45, 2.75) is 0 Å². The van der Waals surface area contributed by atoms with Crippen LogP contribution in [0.4, 0.5) is 15.3 Å². The van der Waals surface area contributed by atoms with Gasteiger partial charge in [-0.2, -0.15) is 0 Å². The number of carbonyl (C=O) groups excluding carboxylic acids is 3. The Kier molecular flexibility index (Phi) is 4.67. The SMILES string of the molecule is COC(=O)NC(=O)c1ccccc1NC(=O)OC. The molecule has 18 heavy (non-hydrogen) atoms. The fourth-order valence-corrected chi connectivity index (χ4v) is 1.16. The number of para-hydroxylation sites is 1. The Hall–Kier alpha value is -2.57. The van der Waals surface area contributed by atoms with Crippen molar-refractivity contribution in [1.29, 1.82) is 0 Å². The third-order valence-electron chi connectivity index (χ3n) is 1.99. The van der Waals surface area contributed by atoms with Crippen molar-refractivity contribution >= 4 is 23.8 Å². The van der Waals surface area contributed by atoms with Gasteiger partial charge in [-0.25, -0.2) is 9.59 Å². The van der Waals surface area contributed by atoms with Gasteiger partial charge in [-0.1, -0.05) is 12.1 Å². The second-order valence-electron chi connectivity index (χ2n) is 3.11. The lowest BCUT2D eigenvalue weighted by Crippen LogP contribution is -2.31. The molecule has 7 nitrogen and oxygen atoms in total. The van der Waals surface area contributed by atoms with Gasteiger partial charge in [0, 0.05) is 0 Å². The molecule has 0 unspecified atom stereocenters. The first kappa shape index (κ1) is 13.5. The summed E-state index contributed by atoms with van der Waals surface area (Å²) >= 11 is 0. The summed E-state index contributed by atoms with van der Waals surface area (Å²) in [6.07, 6.45) is -1.60. The van der Waals surface area contributed by atoms with Crippen molar-refractivity contribution in [2.75, 3.05) is 19.5 Å². The van der Waals surface area contributed by atoms with Crippen LogP contribution in [0.5, 0.6) is 0 Å². The van der Waals surface area contributed by atoms with E-state index in [9.17, 15) is 14.4 Å². The minimum Gasteiger partial charge on any atom is -0.453 e. The molecule has 2 N–H and O–H groups in total. The molecule has 3 amide bonds. The van der Waals surface area contributed by atoms with E-state index < -0.39 is 18.1 Å². The van der Waals surface area contributed by atoms with Crippen molar-refractivity contribution in [3.8, 4) is 0 Å². The maximum atomic E-state index is 11.7. The van der Waals surface area contributed by atoms with Gasteiger partial charge in [0.25, 0.3) is 5.91 Å². The van der Waals surface area contributed by atoms with E-state index in [0.29, 0.717) is 0 Å². The average molecular weight is 252 g/mol. The van der Waals surface area contributed by atoms with E-state index in [1.165, 1.54) is 19.2 Å². The number of anilines is 1. The fraction of sp³-hybridized carbons (Fsp3) is 0.182. The van der Waals surface area contributed by atoms with E-state index in [-0.39, 0.29) is 11.3 Å². The van der Waals surface area contributed by atoms with Crippen LogP contribution in [-0.2, 0) is 9.47 Å². The number of ether oxygens (including phenoxy) is 2. The largest absolute Gasteiger partial charge is 0.453 e. The summed E-state index contributed by atoms with van der Waals surface area (Å²) in [5, 5.41) is 4.34. The quantitative estimate of drug-likeness (QED) is 0.828. The van der Waals surface area contributed by atoms with Crippen LogP contribution in [-0.4, -0.2) is 32.3 Å². The summed E-state index contributed by atoms with van der Waals surface area (Å²) in [7, 11) is 2.34. The minimum atomic E-state index is -0.882. The highest BCUT2D eigenvalue weighted by Crippen LogP contribution is 2.15. The molecule has 0 radical (unpaired) electrons. The molecule has 1 rings (SSSR count). The molecule has 7 heteroatoms. The highest BCUT2D eigenvalue weighted by Gasteiger charge is 2.15. The highest BCUT2D eigenvalue weighted by molar-refractivity contribution is 6.07. The predicted molar refractivity (Wildman–Crippen MR) is 62.3 cm³/mol. The molecule has 0 aliphatic heterocycles. The summed E-state index contributed by atoms with van der Waals surface area (Å²) in [5.41, 5.74) is 0.346. The van der Waals surface area contributed by atoms with E-state index in [1.807, 2.05) is 5.32 Å².